The van der Waals surface area contributed by atoms with Gasteiger partial charge in [0.15, 0.2) is 11.5 Å². The van der Waals surface area contributed by atoms with Gasteiger partial charge in [-0.25, -0.2) is 4.39 Å². The van der Waals surface area contributed by atoms with Crippen LogP contribution in [0.25, 0.3) is 5.76 Å². The molecular formula is C25H27FN2O6. The Bertz CT molecular complexity index is 1100. The van der Waals surface area contributed by atoms with E-state index in [0.29, 0.717) is 25.2 Å². The summed E-state index contributed by atoms with van der Waals surface area (Å²) in [5.74, 6) is -2.31. The third kappa shape index (κ3) is 4.76. The highest BCUT2D eigenvalue weighted by Crippen LogP contribution is 2.41. The topological polar surface area (TPSA) is 99.5 Å². The largest absolute Gasteiger partial charge is 0.507 e. The van der Waals surface area contributed by atoms with Crippen LogP contribution < -0.4 is 4.74 Å². The molecule has 2 aromatic rings. The average molecular weight is 470 g/mol. The van der Waals surface area contributed by atoms with E-state index in [1.54, 1.807) is 12.1 Å². The number of aliphatic hydroxyl groups is 1. The Balaban J connectivity index is 1.70. The summed E-state index contributed by atoms with van der Waals surface area (Å²) >= 11 is 0. The first-order chi connectivity index (χ1) is 16.4. The summed E-state index contributed by atoms with van der Waals surface area (Å²) in [6, 6.07) is 8.71. The van der Waals surface area contributed by atoms with Gasteiger partial charge in [-0.15, -0.1) is 0 Å². The minimum Gasteiger partial charge on any atom is -0.507 e. The zero-order chi connectivity index (χ0) is 24.2. The summed E-state index contributed by atoms with van der Waals surface area (Å²) in [5.41, 5.74) is 0.642. The first kappa shape index (κ1) is 23.7. The smallest absolute Gasteiger partial charge is 0.295 e. The van der Waals surface area contributed by atoms with Gasteiger partial charge in [0, 0.05) is 31.7 Å². The Morgan fingerprint density at radius 2 is 1.82 bits per heavy atom. The van der Waals surface area contributed by atoms with Gasteiger partial charge < -0.3 is 24.6 Å². The van der Waals surface area contributed by atoms with E-state index < -0.39 is 23.5 Å². The Morgan fingerprint density at radius 3 is 2.50 bits per heavy atom. The van der Waals surface area contributed by atoms with Crippen LogP contribution in [0.1, 0.15) is 23.6 Å². The number of aliphatic hydroxyl groups excluding tert-OH is 1. The highest BCUT2D eigenvalue weighted by atomic mass is 19.1. The Kier molecular flexibility index (Phi) is 7.14. The first-order valence-corrected chi connectivity index (χ1v) is 11.1. The van der Waals surface area contributed by atoms with Gasteiger partial charge in [-0.1, -0.05) is 6.07 Å². The van der Waals surface area contributed by atoms with Crippen molar-refractivity contribution < 1.29 is 33.7 Å². The molecule has 2 saturated heterocycles. The van der Waals surface area contributed by atoms with Crippen molar-refractivity contribution in [3.05, 3.63) is 65.0 Å². The lowest BCUT2D eigenvalue weighted by atomic mass is 9.95. The lowest BCUT2D eigenvalue weighted by molar-refractivity contribution is -0.140. The molecule has 0 unspecified atom stereocenters. The monoisotopic (exact) mass is 470 g/mol. The first-order valence-electron chi connectivity index (χ1n) is 11.1. The number of carbonyl (C=O) groups is 2. The molecule has 2 heterocycles. The predicted molar refractivity (Wildman–Crippen MR) is 122 cm³/mol. The molecule has 0 aromatic heterocycles. The van der Waals surface area contributed by atoms with Crippen molar-refractivity contribution in [1.29, 1.82) is 0 Å². The van der Waals surface area contributed by atoms with Crippen LogP contribution >= 0.6 is 0 Å². The molecule has 0 spiro atoms. The Hall–Kier alpha value is -3.43. The number of ketones is 1. The van der Waals surface area contributed by atoms with Crippen molar-refractivity contribution in [2.45, 2.75) is 12.5 Å². The maximum atomic E-state index is 13.4. The zero-order valence-corrected chi connectivity index (χ0v) is 18.9. The lowest BCUT2D eigenvalue weighted by Gasteiger charge is -2.29. The molecule has 2 N–H and O–H groups in total. The fraction of sp³-hybridized carbons (Fsp3) is 0.360. The SMILES string of the molecule is COc1cc([C@@H]2/C(=C(\O)c3ccc(F)cc3)C(=O)C(=O)N2CCCN2CCOCC2)ccc1O. The van der Waals surface area contributed by atoms with Crippen molar-refractivity contribution in [3.8, 4) is 11.5 Å². The third-order valence-corrected chi connectivity index (χ3v) is 6.15. The van der Waals surface area contributed by atoms with Gasteiger partial charge in [0.25, 0.3) is 11.7 Å². The summed E-state index contributed by atoms with van der Waals surface area (Å²) in [7, 11) is 1.40. The second-order valence-electron chi connectivity index (χ2n) is 8.24. The van der Waals surface area contributed by atoms with E-state index in [0.717, 1.165) is 19.6 Å². The quantitative estimate of drug-likeness (QED) is 0.365. The number of methoxy groups -OCH3 is 1. The summed E-state index contributed by atoms with van der Waals surface area (Å²) in [4.78, 5) is 29.8. The van der Waals surface area contributed by atoms with Crippen molar-refractivity contribution in [2.75, 3.05) is 46.5 Å². The molecule has 9 heteroatoms. The molecule has 180 valence electrons. The second kappa shape index (κ2) is 10.2. The van der Waals surface area contributed by atoms with E-state index in [2.05, 4.69) is 4.90 Å². The maximum Gasteiger partial charge on any atom is 0.295 e. The highest BCUT2D eigenvalue weighted by molar-refractivity contribution is 6.46. The van der Waals surface area contributed by atoms with Crippen molar-refractivity contribution in [2.24, 2.45) is 0 Å². The average Bonchev–Trinajstić information content (AvgIpc) is 3.10. The van der Waals surface area contributed by atoms with Crippen LogP contribution in [0.2, 0.25) is 0 Å². The number of Topliss-reactive ketones (excluding diaryl/α,β-unsaturated/α-hetero) is 1. The van der Waals surface area contributed by atoms with Crippen molar-refractivity contribution >= 4 is 17.4 Å². The number of halogens is 1. The third-order valence-electron chi connectivity index (χ3n) is 6.15. The van der Waals surface area contributed by atoms with Gasteiger partial charge in [0.1, 0.15) is 11.6 Å². The minimum absolute atomic E-state index is 0.0873. The van der Waals surface area contributed by atoms with Crippen LogP contribution in [-0.2, 0) is 14.3 Å². The molecule has 8 nitrogen and oxygen atoms in total. The number of rotatable bonds is 7. The van der Waals surface area contributed by atoms with Gasteiger partial charge in [0.2, 0.25) is 0 Å². The molecular weight excluding hydrogens is 443 g/mol. The highest BCUT2D eigenvalue weighted by Gasteiger charge is 2.46. The number of hydrogen-bond donors (Lipinski definition) is 2. The van der Waals surface area contributed by atoms with Crippen LogP contribution in [0.5, 0.6) is 11.5 Å². The standard InChI is InChI=1S/C25H27FN2O6/c1-33-20-15-17(5-8-19(20)29)22-21(23(30)16-3-6-18(26)7-4-16)24(31)25(32)28(22)10-2-9-27-11-13-34-14-12-27/h3-8,15,22,29-30H,2,9-14H2,1H3/b23-21+/t22-/m1/s1. The van der Waals surface area contributed by atoms with E-state index in [4.69, 9.17) is 9.47 Å². The minimum atomic E-state index is -0.885. The summed E-state index contributed by atoms with van der Waals surface area (Å²) in [6.45, 7) is 3.96. The van der Waals surface area contributed by atoms with E-state index >= 15 is 0 Å². The Morgan fingerprint density at radius 1 is 1.12 bits per heavy atom. The summed E-state index contributed by atoms with van der Waals surface area (Å²) in [6.07, 6.45) is 0.620. The van der Waals surface area contributed by atoms with Gasteiger partial charge in [0.05, 0.1) is 31.9 Å². The Labute approximate surface area is 196 Å². The predicted octanol–water partition coefficient (Wildman–Crippen LogP) is 2.68. The van der Waals surface area contributed by atoms with Gasteiger partial charge in [-0.3, -0.25) is 14.5 Å². The van der Waals surface area contributed by atoms with Gasteiger partial charge >= 0.3 is 0 Å². The molecule has 1 amide bonds. The van der Waals surface area contributed by atoms with E-state index in [1.807, 2.05) is 0 Å². The number of nitrogens with zero attached hydrogens (tertiary/aromatic N) is 2. The van der Waals surface area contributed by atoms with Crippen molar-refractivity contribution in [1.82, 2.24) is 9.80 Å². The molecule has 0 aliphatic carbocycles. The lowest BCUT2D eigenvalue weighted by Crippen LogP contribution is -2.38. The zero-order valence-electron chi connectivity index (χ0n) is 18.9. The summed E-state index contributed by atoms with van der Waals surface area (Å²) in [5, 5.41) is 21.0. The molecule has 4 rings (SSSR count). The number of aromatic hydroxyl groups is 1. The normalized spacial score (nSPS) is 20.6. The van der Waals surface area contributed by atoms with Crippen molar-refractivity contribution in [3.63, 3.8) is 0 Å². The number of ether oxygens (including phenoxy) is 2. The molecule has 0 bridgehead atoms. The second-order valence-corrected chi connectivity index (χ2v) is 8.24. The van der Waals surface area contributed by atoms with Crippen LogP contribution in [-0.4, -0.2) is 78.2 Å². The summed E-state index contributed by atoms with van der Waals surface area (Å²) < 4.78 is 24.0. The molecule has 0 radical (unpaired) electrons. The number of phenolic OH excluding ortho intramolecular Hbond substituents is 1. The van der Waals surface area contributed by atoms with Crippen LogP contribution in [0.3, 0.4) is 0 Å². The molecule has 2 aromatic carbocycles. The fourth-order valence-corrected chi connectivity index (χ4v) is 4.37. The number of carbonyl (C=O) groups excluding carboxylic acids is 2. The van der Waals surface area contributed by atoms with Crippen LogP contribution in [0.15, 0.2) is 48.0 Å². The van der Waals surface area contributed by atoms with Gasteiger partial charge in [-0.2, -0.15) is 0 Å². The maximum absolute atomic E-state index is 13.4. The number of morpholine rings is 1. The number of phenols is 1. The van der Waals surface area contributed by atoms with Crippen LogP contribution in [0, 0.1) is 5.82 Å². The number of likely N-dealkylation sites (tertiary alicyclic amines) is 1. The fourth-order valence-electron chi connectivity index (χ4n) is 4.37. The number of benzene rings is 2. The molecule has 0 saturated carbocycles. The molecule has 2 fully saturated rings. The number of hydrogen-bond acceptors (Lipinski definition) is 7. The van der Waals surface area contributed by atoms with E-state index in [-0.39, 0.29) is 34.9 Å². The van der Waals surface area contributed by atoms with Gasteiger partial charge in [-0.05, 0) is 48.4 Å². The van der Waals surface area contributed by atoms with E-state index in [9.17, 15) is 24.2 Å². The number of amides is 1. The molecule has 1 atom stereocenters. The molecule has 34 heavy (non-hydrogen) atoms. The molecule has 2 aliphatic rings. The van der Waals surface area contributed by atoms with E-state index in [1.165, 1.54) is 42.3 Å². The molecule has 2 aliphatic heterocycles. The van der Waals surface area contributed by atoms with Crippen LogP contribution in [0.4, 0.5) is 4.39 Å².